The normalized spacial score (nSPS) is 11.1. The number of likely N-dealkylation sites (N-methyl/N-ethyl adjacent to an activating group) is 1. The maximum atomic E-state index is 5.95. The van der Waals surface area contributed by atoms with Crippen molar-refractivity contribution in [3.63, 3.8) is 0 Å². The Morgan fingerprint density at radius 1 is 1.12 bits per heavy atom. The molecule has 3 nitrogen and oxygen atoms in total. The van der Waals surface area contributed by atoms with Crippen LogP contribution in [0.2, 0.25) is 10.3 Å². The summed E-state index contributed by atoms with van der Waals surface area (Å²) in [7, 11) is 0. The van der Waals surface area contributed by atoms with Crippen LogP contribution in [0, 0.1) is 3.57 Å². The molecule has 0 atom stereocenters. The lowest BCUT2D eigenvalue weighted by atomic mass is 10.3. The third-order valence-electron chi connectivity index (χ3n) is 2.36. The molecule has 0 bridgehead atoms. The highest BCUT2D eigenvalue weighted by molar-refractivity contribution is 14.1. The van der Waals surface area contributed by atoms with E-state index in [0.717, 1.165) is 26.1 Å². The summed E-state index contributed by atoms with van der Waals surface area (Å²) >= 11 is 13.9. The van der Waals surface area contributed by atoms with Gasteiger partial charge in [-0.05, 0) is 35.7 Å². The smallest absolute Gasteiger partial charge is 0.147 e. The molecule has 0 spiro atoms. The minimum absolute atomic E-state index is 0.440. The van der Waals surface area contributed by atoms with Gasteiger partial charge in [0.25, 0.3) is 0 Å². The molecule has 0 amide bonds. The molecule has 0 aliphatic carbocycles. The minimum Gasteiger partial charge on any atom is -0.303 e. The third kappa shape index (κ3) is 3.98. The second kappa shape index (κ2) is 6.93. The first-order valence-electron chi connectivity index (χ1n) is 5.18. The molecule has 0 aliphatic heterocycles. The summed E-state index contributed by atoms with van der Waals surface area (Å²) in [6, 6.07) is 0. The second-order valence-corrected chi connectivity index (χ2v) is 5.11. The maximum absolute atomic E-state index is 5.95. The number of rotatable bonds is 5. The molecule has 1 aromatic heterocycles. The summed E-state index contributed by atoms with van der Waals surface area (Å²) in [4.78, 5) is 10.7. The highest BCUT2D eigenvalue weighted by Crippen LogP contribution is 2.22. The van der Waals surface area contributed by atoms with E-state index in [1.807, 2.05) is 22.6 Å². The fourth-order valence-electron chi connectivity index (χ4n) is 1.34. The molecular weight excluding hydrogens is 360 g/mol. The standard InChI is InChI=1S/C10H14Cl2IN3/c1-3-16(4-2)6-5-7-14-9(11)8(13)10(12)15-7/h3-6H2,1-2H3. The molecule has 6 heteroatoms. The Morgan fingerprint density at radius 2 is 1.62 bits per heavy atom. The lowest BCUT2D eigenvalue weighted by Gasteiger charge is -2.17. The minimum atomic E-state index is 0.440. The predicted octanol–water partition coefficient (Wildman–Crippen LogP) is 3.27. The zero-order chi connectivity index (χ0) is 12.1. The van der Waals surface area contributed by atoms with Gasteiger partial charge in [-0.25, -0.2) is 9.97 Å². The van der Waals surface area contributed by atoms with Gasteiger partial charge < -0.3 is 4.90 Å². The predicted molar refractivity (Wildman–Crippen MR) is 76.3 cm³/mol. The van der Waals surface area contributed by atoms with Crippen molar-refractivity contribution < 1.29 is 0 Å². The van der Waals surface area contributed by atoms with Gasteiger partial charge in [0.1, 0.15) is 16.1 Å². The zero-order valence-electron chi connectivity index (χ0n) is 9.30. The van der Waals surface area contributed by atoms with E-state index in [4.69, 9.17) is 23.2 Å². The Balaban J connectivity index is 2.68. The van der Waals surface area contributed by atoms with Gasteiger partial charge in [-0.1, -0.05) is 37.0 Å². The number of hydrogen-bond acceptors (Lipinski definition) is 3. The van der Waals surface area contributed by atoms with Crippen LogP contribution in [-0.4, -0.2) is 34.5 Å². The van der Waals surface area contributed by atoms with E-state index in [1.165, 1.54) is 0 Å². The number of aromatic nitrogens is 2. The SMILES string of the molecule is CCN(CC)CCc1nc(Cl)c(I)c(Cl)n1. The van der Waals surface area contributed by atoms with Gasteiger partial charge in [0.2, 0.25) is 0 Å². The van der Waals surface area contributed by atoms with E-state index in [2.05, 4.69) is 28.7 Å². The van der Waals surface area contributed by atoms with Gasteiger partial charge in [0.05, 0.1) is 3.57 Å². The van der Waals surface area contributed by atoms with Crippen LogP contribution in [0.1, 0.15) is 19.7 Å². The van der Waals surface area contributed by atoms with Crippen LogP contribution in [0.4, 0.5) is 0 Å². The van der Waals surface area contributed by atoms with Crippen molar-refractivity contribution in [2.45, 2.75) is 20.3 Å². The summed E-state index contributed by atoms with van der Waals surface area (Å²) in [6.07, 6.45) is 0.776. The maximum Gasteiger partial charge on any atom is 0.147 e. The van der Waals surface area contributed by atoms with Gasteiger partial charge in [-0.2, -0.15) is 0 Å². The molecule has 0 unspecified atom stereocenters. The molecule has 0 fully saturated rings. The number of hydrogen-bond donors (Lipinski definition) is 0. The molecule has 1 rings (SSSR count). The van der Waals surface area contributed by atoms with Crippen LogP contribution in [-0.2, 0) is 6.42 Å². The Kier molecular flexibility index (Phi) is 6.25. The van der Waals surface area contributed by atoms with Gasteiger partial charge in [0, 0.05) is 13.0 Å². The van der Waals surface area contributed by atoms with E-state index in [0.29, 0.717) is 19.7 Å². The highest BCUT2D eigenvalue weighted by atomic mass is 127. The Bertz CT molecular complexity index is 333. The van der Waals surface area contributed by atoms with Gasteiger partial charge in [-0.15, -0.1) is 0 Å². The topological polar surface area (TPSA) is 29.0 Å². The molecule has 0 aromatic carbocycles. The Labute approximate surface area is 120 Å². The average molecular weight is 374 g/mol. The van der Waals surface area contributed by atoms with Crippen molar-refractivity contribution >= 4 is 45.8 Å². The third-order valence-corrected chi connectivity index (χ3v) is 4.57. The average Bonchev–Trinajstić information content (AvgIpc) is 2.27. The number of nitrogens with zero attached hydrogens (tertiary/aromatic N) is 3. The summed E-state index contributed by atoms with van der Waals surface area (Å²) in [6.45, 7) is 7.27. The molecule has 0 aliphatic rings. The van der Waals surface area contributed by atoms with E-state index in [1.54, 1.807) is 0 Å². The van der Waals surface area contributed by atoms with E-state index in [-0.39, 0.29) is 0 Å². The summed E-state index contributed by atoms with van der Waals surface area (Å²) in [5, 5.41) is 0.880. The molecular formula is C10H14Cl2IN3. The number of halogens is 3. The van der Waals surface area contributed by atoms with Crippen LogP contribution in [0.15, 0.2) is 0 Å². The van der Waals surface area contributed by atoms with Crippen LogP contribution in [0.5, 0.6) is 0 Å². The molecule has 0 saturated heterocycles. The lowest BCUT2D eigenvalue weighted by Crippen LogP contribution is -2.25. The van der Waals surface area contributed by atoms with Crippen LogP contribution >= 0.6 is 45.8 Å². The van der Waals surface area contributed by atoms with Crippen molar-refractivity contribution in [2.75, 3.05) is 19.6 Å². The van der Waals surface area contributed by atoms with Crippen molar-refractivity contribution in [1.29, 1.82) is 0 Å². The fourth-order valence-corrected chi connectivity index (χ4v) is 2.01. The second-order valence-electron chi connectivity index (χ2n) is 3.31. The monoisotopic (exact) mass is 373 g/mol. The lowest BCUT2D eigenvalue weighted by molar-refractivity contribution is 0.305. The van der Waals surface area contributed by atoms with Crippen molar-refractivity contribution in [2.24, 2.45) is 0 Å². The Hall–Kier alpha value is 0.350. The van der Waals surface area contributed by atoms with Crippen LogP contribution < -0.4 is 0 Å². The summed E-state index contributed by atoms with van der Waals surface area (Å²) in [5.41, 5.74) is 0. The zero-order valence-corrected chi connectivity index (χ0v) is 13.0. The summed E-state index contributed by atoms with van der Waals surface area (Å²) in [5.74, 6) is 0.710. The van der Waals surface area contributed by atoms with E-state index >= 15 is 0 Å². The van der Waals surface area contributed by atoms with Crippen molar-refractivity contribution in [3.8, 4) is 0 Å². The molecule has 0 N–H and O–H groups in total. The van der Waals surface area contributed by atoms with Crippen LogP contribution in [0.3, 0.4) is 0 Å². The molecule has 1 heterocycles. The Morgan fingerprint density at radius 3 is 2.06 bits per heavy atom. The van der Waals surface area contributed by atoms with E-state index in [9.17, 15) is 0 Å². The van der Waals surface area contributed by atoms with Gasteiger partial charge in [0.15, 0.2) is 0 Å². The largest absolute Gasteiger partial charge is 0.303 e. The van der Waals surface area contributed by atoms with Gasteiger partial charge >= 0.3 is 0 Å². The van der Waals surface area contributed by atoms with Crippen LogP contribution in [0.25, 0.3) is 0 Å². The van der Waals surface area contributed by atoms with E-state index < -0.39 is 0 Å². The molecule has 0 radical (unpaired) electrons. The fraction of sp³-hybridized carbons (Fsp3) is 0.600. The molecule has 0 saturated carbocycles. The highest BCUT2D eigenvalue weighted by Gasteiger charge is 2.09. The quantitative estimate of drug-likeness (QED) is 0.585. The first kappa shape index (κ1) is 14.4. The first-order chi connectivity index (χ1) is 7.58. The van der Waals surface area contributed by atoms with Gasteiger partial charge in [-0.3, -0.25) is 0 Å². The first-order valence-corrected chi connectivity index (χ1v) is 7.01. The molecule has 1 aromatic rings. The molecule has 16 heavy (non-hydrogen) atoms. The summed E-state index contributed by atoms with van der Waals surface area (Å²) < 4.78 is 0.715. The molecule has 90 valence electrons. The van der Waals surface area contributed by atoms with Crippen molar-refractivity contribution in [1.82, 2.24) is 14.9 Å². The van der Waals surface area contributed by atoms with Crippen molar-refractivity contribution in [3.05, 3.63) is 19.7 Å².